The molecule has 3 aromatic rings. The molecule has 204 valence electrons. The fraction of sp³-hybridized carbons (Fsp3) is 0.379. The summed E-state index contributed by atoms with van der Waals surface area (Å²) in [5.74, 6) is 0.845. The first-order chi connectivity index (χ1) is 18.9. The van der Waals surface area contributed by atoms with Gasteiger partial charge in [-0.25, -0.2) is 13.4 Å². The van der Waals surface area contributed by atoms with Crippen molar-refractivity contribution in [3.63, 3.8) is 0 Å². The number of aliphatic hydroxyl groups is 1. The van der Waals surface area contributed by atoms with Gasteiger partial charge in [0.2, 0.25) is 0 Å². The summed E-state index contributed by atoms with van der Waals surface area (Å²) in [5, 5.41) is 11.9. The maximum absolute atomic E-state index is 12.1. The molecule has 0 saturated carbocycles. The number of sulfone groups is 1. The molecule has 2 unspecified atom stereocenters. The number of hydrogen-bond donors (Lipinski definition) is 1. The lowest BCUT2D eigenvalue weighted by molar-refractivity contribution is -0.0468. The molecule has 1 N–H and O–H groups in total. The second kappa shape index (κ2) is 10.6. The number of ether oxygens (including phenoxy) is 3. The molecule has 2 aromatic heterocycles. The Hall–Kier alpha value is -3.47. The summed E-state index contributed by atoms with van der Waals surface area (Å²) < 4.78 is 41.8. The summed E-state index contributed by atoms with van der Waals surface area (Å²) in [4.78, 5) is 12.2. The monoisotopic (exact) mass is 549 g/mol. The molecule has 10 heteroatoms. The lowest BCUT2D eigenvalue weighted by Crippen LogP contribution is -2.37. The molecule has 3 aliphatic heterocycles. The molecule has 6 rings (SSSR count). The van der Waals surface area contributed by atoms with Gasteiger partial charge in [0.25, 0.3) is 0 Å². The average Bonchev–Trinajstić information content (AvgIpc) is 2.97. The van der Waals surface area contributed by atoms with Gasteiger partial charge in [0.05, 0.1) is 41.6 Å². The minimum absolute atomic E-state index is 0.0815. The van der Waals surface area contributed by atoms with Crippen LogP contribution in [-0.4, -0.2) is 74.9 Å². The van der Waals surface area contributed by atoms with Crippen LogP contribution in [0.3, 0.4) is 0 Å². The van der Waals surface area contributed by atoms with E-state index in [4.69, 9.17) is 24.2 Å². The molecule has 0 radical (unpaired) electrons. The quantitative estimate of drug-likeness (QED) is 0.498. The Morgan fingerprint density at radius 2 is 1.85 bits per heavy atom. The fourth-order valence-corrected chi connectivity index (χ4v) is 6.07. The van der Waals surface area contributed by atoms with E-state index in [2.05, 4.69) is 4.90 Å². The second-order valence-electron chi connectivity index (χ2n) is 10.0. The molecule has 39 heavy (non-hydrogen) atoms. The van der Waals surface area contributed by atoms with E-state index in [1.165, 1.54) is 18.6 Å². The zero-order chi connectivity index (χ0) is 27.0. The summed E-state index contributed by atoms with van der Waals surface area (Å²) in [6.07, 6.45) is 8.08. The van der Waals surface area contributed by atoms with Gasteiger partial charge in [-0.05, 0) is 54.7 Å². The molecule has 5 heterocycles. The van der Waals surface area contributed by atoms with E-state index in [0.717, 1.165) is 41.6 Å². The molecule has 2 fully saturated rings. The van der Waals surface area contributed by atoms with Gasteiger partial charge >= 0.3 is 0 Å². The van der Waals surface area contributed by atoms with Gasteiger partial charge in [-0.2, -0.15) is 0 Å². The third-order valence-electron chi connectivity index (χ3n) is 7.46. The number of hydrogen-bond acceptors (Lipinski definition) is 9. The number of morpholine rings is 1. The van der Waals surface area contributed by atoms with E-state index >= 15 is 0 Å². The van der Waals surface area contributed by atoms with Crippen LogP contribution in [0.1, 0.15) is 25.0 Å². The van der Waals surface area contributed by atoms with Gasteiger partial charge in [0.1, 0.15) is 17.3 Å². The number of anilines is 1. The van der Waals surface area contributed by atoms with Gasteiger partial charge in [0, 0.05) is 43.6 Å². The summed E-state index contributed by atoms with van der Waals surface area (Å²) in [7, 11) is -3.32. The molecule has 2 saturated heterocycles. The molecule has 9 nitrogen and oxygen atoms in total. The van der Waals surface area contributed by atoms with E-state index in [9.17, 15) is 13.5 Å². The predicted octanol–water partition coefficient (Wildman–Crippen LogP) is 4.29. The first-order valence-electron chi connectivity index (χ1n) is 13.2. The van der Waals surface area contributed by atoms with E-state index < -0.39 is 15.9 Å². The van der Waals surface area contributed by atoms with Crippen LogP contribution < -0.4 is 4.90 Å². The molecular weight excluding hydrogens is 518 g/mol. The lowest BCUT2D eigenvalue weighted by Gasteiger charge is -2.33. The highest BCUT2D eigenvalue weighted by Gasteiger charge is 2.35. The van der Waals surface area contributed by atoms with Gasteiger partial charge < -0.3 is 24.2 Å². The number of nitrogens with zero attached hydrogens (tertiary/aromatic N) is 3. The van der Waals surface area contributed by atoms with Crippen LogP contribution in [0.4, 0.5) is 5.82 Å². The Kier molecular flexibility index (Phi) is 7.01. The Labute approximate surface area is 227 Å². The average molecular weight is 550 g/mol. The Morgan fingerprint density at radius 3 is 2.56 bits per heavy atom. The Bertz CT molecular complexity index is 1540. The summed E-state index contributed by atoms with van der Waals surface area (Å²) in [6.45, 7) is 3.24. The number of aromatic nitrogens is 2. The van der Waals surface area contributed by atoms with E-state index in [-0.39, 0.29) is 16.8 Å². The smallest absolute Gasteiger partial charge is 0.175 e. The maximum Gasteiger partial charge on any atom is 0.175 e. The number of rotatable bonds is 5. The van der Waals surface area contributed by atoms with Crippen LogP contribution >= 0.6 is 0 Å². The normalized spacial score (nSPS) is 22.2. The van der Waals surface area contributed by atoms with Crippen LogP contribution in [0.5, 0.6) is 0 Å². The van der Waals surface area contributed by atoms with Crippen molar-refractivity contribution in [3.05, 3.63) is 66.4 Å². The maximum atomic E-state index is 12.1. The third-order valence-corrected chi connectivity index (χ3v) is 8.59. The van der Waals surface area contributed by atoms with E-state index in [1.54, 1.807) is 18.3 Å². The molecule has 1 aromatic carbocycles. The molecule has 0 spiro atoms. The van der Waals surface area contributed by atoms with E-state index in [0.29, 0.717) is 49.7 Å². The first kappa shape index (κ1) is 25.8. The molecule has 2 atom stereocenters. The van der Waals surface area contributed by atoms with Crippen molar-refractivity contribution in [3.8, 4) is 11.1 Å². The van der Waals surface area contributed by atoms with Crippen molar-refractivity contribution in [1.82, 2.24) is 9.97 Å². The fourth-order valence-electron chi connectivity index (χ4n) is 5.44. The van der Waals surface area contributed by atoms with Crippen molar-refractivity contribution < 1.29 is 27.7 Å². The highest BCUT2D eigenvalue weighted by atomic mass is 32.2. The number of benzene rings is 1. The van der Waals surface area contributed by atoms with Crippen molar-refractivity contribution in [2.75, 3.05) is 44.1 Å². The molecule has 0 aliphatic carbocycles. The molecule has 0 amide bonds. The molecule has 3 aliphatic rings. The van der Waals surface area contributed by atoms with Crippen LogP contribution in [0.2, 0.25) is 0 Å². The van der Waals surface area contributed by atoms with Crippen molar-refractivity contribution in [1.29, 1.82) is 0 Å². The van der Waals surface area contributed by atoms with Gasteiger partial charge in [-0.15, -0.1) is 0 Å². The summed E-state index contributed by atoms with van der Waals surface area (Å²) in [5.41, 5.74) is 3.47. The number of fused-ring (bicyclic) bond motifs is 1. The van der Waals surface area contributed by atoms with Gasteiger partial charge in [0.15, 0.2) is 15.9 Å². The third kappa shape index (κ3) is 5.11. The largest absolute Gasteiger partial charge is 0.507 e. The number of aliphatic hydroxyl groups excluding tert-OH is 1. The van der Waals surface area contributed by atoms with Gasteiger partial charge in [-0.1, -0.05) is 12.1 Å². The zero-order valence-corrected chi connectivity index (χ0v) is 22.6. The molecule has 0 bridgehead atoms. The summed E-state index contributed by atoms with van der Waals surface area (Å²) in [6, 6.07) is 10.8. The standard InChI is InChI=1S/C29H31N3O6S/c1-39(34,35)20-7-5-19(6-8-20)22-18-25(32-12-16-36-17-13-32)31-27-21(22)9-11-30-28(27)26-23(33)10-15-38-29(26)24-4-2-3-14-37-24/h5-11,15,18,24,29,33H,2-4,12-14,16-17H2,1H3. The van der Waals surface area contributed by atoms with Crippen molar-refractivity contribution in [2.24, 2.45) is 0 Å². The highest BCUT2D eigenvalue weighted by Crippen LogP contribution is 2.39. The van der Waals surface area contributed by atoms with Crippen LogP contribution in [0.25, 0.3) is 27.6 Å². The SMILES string of the molecule is CS(=O)(=O)c1ccc(-c2cc(N3CCOCC3)nc3c(C4=C(O)C=COC4C4CCCCO4)nccc23)cc1. The van der Waals surface area contributed by atoms with Crippen LogP contribution in [0.15, 0.2) is 65.6 Å². The first-order valence-corrected chi connectivity index (χ1v) is 15.1. The Balaban J connectivity index is 1.54. The van der Waals surface area contributed by atoms with Crippen molar-refractivity contribution in [2.45, 2.75) is 36.4 Å². The lowest BCUT2D eigenvalue weighted by atomic mass is 9.91. The van der Waals surface area contributed by atoms with Crippen LogP contribution in [0, 0.1) is 0 Å². The van der Waals surface area contributed by atoms with Gasteiger partial charge in [-0.3, -0.25) is 4.98 Å². The topological polar surface area (TPSA) is 111 Å². The molecular formula is C29H31N3O6S. The van der Waals surface area contributed by atoms with Crippen molar-refractivity contribution >= 4 is 32.1 Å². The van der Waals surface area contributed by atoms with E-state index in [1.807, 2.05) is 24.3 Å². The summed E-state index contributed by atoms with van der Waals surface area (Å²) >= 11 is 0. The zero-order valence-electron chi connectivity index (χ0n) is 21.7. The predicted molar refractivity (Wildman–Crippen MR) is 148 cm³/mol. The number of pyridine rings is 2. The minimum Gasteiger partial charge on any atom is -0.507 e. The highest BCUT2D eigenvalue weighted by molar-refractivity contribution is 7.90. The minimum atomic E-state index is -3.32. The van der Waals surface area contributed by atoms with Crippen LogP contribution in [-0.2, 0) is 24.0 Å². The second-order valence-corrected chi connectivity index (χ2v) is 12.1. The number of allylic oxidation sites excluding steroid dienone is 1. The Morgan fingerprint density at radius 1 is 1.05 bits per heavy atom.